The summed E-state index contributed by atoms with van der Waals surface area (Å²) in [4.78, 5) is 13.8. The SMILES string of the molecule is CC(=O)Nc1cc(N2CCCNCC2)ccc1Oc1cccc(F)c1. The van der Waals surface area contributed by atoms with Gasteiger partial charge in [-0.05, 0) is 43.3 Å². The van der Waals surface area contributed by atoms with Crippen LogP contribution in [-0.2, 0) is 4.79 Å². The Balaban J connectivity index is 1.87. The van der Waals surface area contributed by atoms with Crippen LogP contribution >= 0.6 is 0 Å². The van der Waals surface area contributed by atoms with Crippen LogP contribution in [0.25, 0.3) is 0 Å². The van der Waals surface area contributed by atoms with Crippen molar-refractivity contribution in [3.63, 3.8) is 0 Å². The number of benzene rings is 2. The van der Waals surface area contributed by atoms with Crippen molar-refractivity contribution in [2.24, 2.45) is 0 Å². The Hall–Kier alpha value is -2.60. The van der Waals surface area contributed by atoms with Crippen LogP contribution in [0.1, 0.15) is 13.3 Å². The van der Waals surface area contributed by atoms with Gasteiger partial charge in [0.1, 0.15) is 11.6 Å². The molecule has 1 aliphatic heterocycles. The smallest absolute Gasteiger partial charge is 0.221 e. The third-order valence-electron chi connectivity index (χ3n) is 4.00. The molecular weight excluding hydrogens is 321 g/mol. The van der Waals surface area contributed by atoms with Crippen molar-refractivity contribution >= 4 is 17.3 Å². The maximum Gasteiger partial charge on any atom is 0.221 e. The largest absolute Gasteiger partial charge is 0.455 e. The zero-order valence-electron chi connectivity index (χ0n) is 14.2. The van der Waals surface area contributed by atoms with Crippen LogP contribution in [0.4, 0.5) is 15.8 Å². The topological polar surface area (TPSA) is 53.6 Å². The van der Waals surface area contributed by atoms with Crippen LogP contribution in [0.3, 0.4) is 0 Å². The van der Waals surface area contributed by atoms with E-state index in [4.69, 9.17) is 4.74 Å². The molecule has 0 atom stereocenters. The minimum Gasteiger partial charge on any atom is -0.455 e. The molecule has 0 bridgehead atoms. The second kappa shape index (κ2) is 7.98. The Morgan fingerprint density at radius 2 is 2.08 bits per heavy atom. The Morgan fingerprint density at radius 1 is 1.20 bits per heavy atom. The van der Waals surface area contributed by atoms with Gasteiger partial charge in [0.2, 0.25) is 5.91 Å². The fourth-order valence-electron chi connectivity index (χ4n) is 2.85. The van der Waals surface area contributed by atoms with Crippen LogP contribution < -0.4 is 20.3 Å². The molecule has 0 aromatic heterocycles. The second-order valence-electron chi connectivity index (χ2n) is 6.01. The molecule has 0 radical (unpaired) electrons. The molecule has 0 aliphatic carbocycles. The molecule has 3 rings (SSSR count). The van der Waals surface area contributed by atoms with E-state index in [1.165, 1.54) is 19.1 Å². The molecular formula is C19H22FN3O2. The lowest BCUT2D eigenvalue weighted by Crippen LogP contribution is -2.27. The molecule has 0 unspecified atom stereocenters. The number of anilines is 2. The average molecular weight is 343 g/mol. The molecule has 2 N–H and O–H groups in total. The quantitative estimate of drug-likeness (QED) is 0.894. The highest BCUT2D eigenvalue weighted by Gasteiger charge is 2.14. The van der Waals surface area contributed by atoms with Crippen molar-refractivity contribution in [3.8, 4) is 11.5 Å². The molecule has 0 spiro atoms. The van der Waals surface area contributed by atoms with Crippen molar-refractivity contribution in [1.82, 2.24) is 5.32 Å². The van der Waals surface area contributed by atoms with Crippen LogP contribution in [-0.4, -0.2) is 32.1 Å². The van der Waals surface area contributed by atoms with Gasteiger partial charge >= 0.3 is 0 Å². The van der Waals surface area contributed by atoms with E-state index in [1.54, 1.807) is 12.1 Å². The molecule has 1 aliphatic rings. The summed E-state index contributed by atoms with van der Waals surface area (Å²) >= 11 is 0. The fraction of sp³-hybridized carbons (Fsp3) is 0.316. The van der Waals surface area contributed by atoms with Crippen molar-refractivity contribution in [3.05, 3.63) is 48.3 Å². The summed E-state index contributed by atoms with van der Waals surface area (Å²) in [5, 5.41) is 6.17. The Bertz CT molecular complexity index is 743. The first-order valence-electron chi connectivity index (χ1n) is 8.42. The molecule has 1 heterocycles. The number of amides is 1. The number of hydrogen-bond acceptors (Lipinski definition) is 4. The predicted molar refractivity (Wildman–Crippen MR) is 96.9 cm³/mol. The third kappa shape index (κ3) is 4.70. The Morgan fingerprint density at radius 3 is 2.88 bits per heavy atom. The lowest BCUT2D eigenvalue weighted by atomic mass is 10.2. The molecule has 1 amide bonds. The van der Waals surface area contributed by atoms with E-state index >= 15 is 0 Å². The van der Waals surface area contributed by atoms with Gasteiger partial charge in [-0.15, -0.1) is 0 Å². The summed E-state index contributed by atoms with van der Waals surface area (Å²) in [6.45, 7) is 5.25. The maximum absolute atomic E-state index is 13.4. The number of nitrogens with one attached hydrogen (secondary N) is 2. The standard InChI is InChI=1S/C19H22FN3O2/c1-14(24)22-18-13-16(23-10-3-8-21-9-11-23)6-7-19(18)25-17-5-2-4-15(20)12-17/h2,4-7,12-13,21H,3,8-11H2,1H3,(H,22,24). The van der Waals surface area contributed by atoms with Gasteiger partial charge in [-0.1, -0.05) is 6.07 Å². The number of carbonyl (C=O) groups excluding carboxylic acids is 1. The van der Waals surface area contributed by atoms with Crippen LogP contribution in [0.5, 0.6) is 11.5 Å². The summed E-state index contributed by atoms with van der Waals surface area (Å²) in [6.07, 6.45) is 1.07. The first-order chi connectivity index (χ1) is 12.1. The number of rotatable bonds is 4. The van der Waals surface area contributed by atoms with Crippen molar-refractivity contribution in [2.45, 2.75) is 13.3 Å². The second-order valence-corrected chi connectivity index (χ2v) is 6.01. The van der Waals surface area contributed by atoms with Gasteiger partial charge in [0.05, 0.1) is 5.69 Å². The van der Waals surface area contributed by atoms with E-state index in [2.05, 4.69) is 15.5 Å². The van der Waals surface area contributed by atoms with Crippen LogP contribution in [0.15, 0.2) is 42.5 Å². The maximum atomic E-state index is 13.4. The van der Waals surface area contributed by atoms with E-state index in [-0.39, 0.29) is 11.7 Å². The highest BCUT2D eigenvalue weighted by molar-refractivity contribution is 5.91. The van der Waals surface area contributed by atoms with E-state index in [1.807, 2.05) is 18.2 Å². The molecule has 0 saturated carbocycles. The van der Waals surface area contributed by atoms with Gasteiger partial charge < -0.3 is 20.3 Å². The fourth-order valence-corrected chi connectivity index (χ4v) is 2.85. The molecule has 5 nitrogen and oxygen atoms in total. The predicted octanol–water partition coefficient (Wildman–Crippen LogP) is 3.38. The lowest BCUT2D eigenvalue weighted by molar-refractivity contribution is -0.114. The zero-order chi connectivity index (χ0) is 17.6. The van der Waals surface area contributed by atoms with Gasteiger partial charge in [0, 0.05) is 38.3 Å². The number of ether oxygens (including phenoxy) is 1. The monoisotopic (exact) mass is 343 g/mol. The van der Waals surface area contributed by atoms with E-state index in [0.29, 0.717) is 17.2 Å². The van der Waals surface area contributed by atoms with Gasteiger partial charge in [0.25, 0.3) is 0 Å². The van der Waals surface area contributed by atoms with Gasteiger partial charge in [-0.3, -0.25) is 4.79 Å². The lowest BCUT2D eigenvalue weighted by Gasteiger charge is -2.24. The molecule has 1 fully saturated rings. The molecule has 2 aromatic rings. The first kappa shape index (κ1) is 17.2. The minimum atomic E-state index is -0.368. The summed E-state index contributed by atoms with van der Waals surface area (Å²) in [6, 6.07) is 11.6. The molecule has 6 heteroatoms. The summed E-state index contributed by atoms with van der Waals surface area (Å²) in [5.41, 5.74) is 1.60. The number of hydrogen-bond donors (Lipinski definition) is 2. The number of nitrogens with zero attached hydrogens (tertiary/aromatic N) is 1. The number of halogens is 1. The van der Waals surface area contributed by atoms with Gasteiger partial charge in [-0.2, -0.15) is 0 Å². The molecule has 25 heavy (non-hydrogen) atoms. The van der Waals surface area contributed by atoms with Crippen molar-refractivity contribution in [2.75, 3.05) is 36.4 Å². The Labute approximate surface area is 146 Å². The first-order valence-corrected chi connectivity index (χ1v) is 8.42. The van der Waals surface area contributed by atoms with Gasteiger partial charge in [-0.25, -0.2) is 4.39 Å². The van der Waals surface area contributed by atoms with E-state index in [0.717, 1.165) is 38.3 Å². The van der Waals surface area contributed by atoms with Crippen LogP contribution in [0.2, 0.25) is 0 Å². The summed E-state index contributed by atoms with van der Waals surface area (Å²) in [5.74, 6) is 0.321. The summed E-state index contributed by atoms with van der Waals surface area (Å²) < 4.78 is 19.1. The highest BCUT2D eigenvalue weighted by atomic mass is 19.1. The zero-order valence-corrected chi connectivity index (χ0v) is 14.2. The van der Waals surface area contributed by atoms with Crippen LogP contribution in [0, 0.1) is 5.82 Å². The normalized spacial score (nSPS) is 14.7. The molecule has 132 valence electrons. The van der Waals surface area contributed by atoms with Crippen molar-refractivity contribution in [1.29, 1.82) is 0 Å². The number of carbonyl (C=O) groups is 1. The Kier molecular flexibility index (Phi) is 5.50. The third-order valence-corrected chi connectivity index (χ3v) is 4.00. The van der Waals surface area contributed by atoms with E-state index in [9.17, 15) is 9.18 Å². The highest BCUT2D eigenvalue weighted by Crippen LogP contribution is 2.33. The van der Waals surface area contributed by atoms with Crippen molar-refractivity contribution < 1.29 is 13.9 Å². The van der Waals surface area contributed by atoms with E-state index < -0.39 is 0 Å². The van der Waals surface area contributed by atoms with Gasteiger partial charge in [0.15, 0.2) is 5.75 Å². The molecule has 2 aromatic carbocycles. The average Bonchev–Trinajstić information content (AvgIpc) is 2.85. The minimum absolute atomic E-state index is 0.182. The summed E-state index contributed by atoms with van der Waals surface area (Å²) in [7, 11) is 0. The molecule has 1 saturated heterocycles.